The second kappa shape index (κ2) is 7.57. The first-order chi connectivity index (χ1) is 14.2. The van der Waals surface area contributed by atoms with Crippen molar-refractivity contribution < 1.29 is 0 Å². The molecule has 0 amide bonds. The predicted molar refractivity (Wildman–Crippen MR) is 116 cm³/mol. The lowest BCUT2D eigenvalue weighted by molar-refractivity contribution is 0.200. The van der Waals surface area contributed by atoms with Crippen LogP contribution in [0.25, 0.3) is 20.7 Å². The molecule has 0 unspecified atom stereocenters. The van der Waals surface area contributed by atoms with E-state index in [0.717, 1.165) is 53.4 Å². The van der Waals surface area contributed by atoms with Crippen LogP contribution in [-0.4, -0.2) is 38.2 Å². The van der Waals surface area contributed by atoms with E-state index in [2.05, 4.69) is 50.4 Å². The zero-order valence-corrected chi connectivity index (χ0v) is 17.1. The molecule has 1 aliphatic rings. The Labute approximate surface area is 172 Å². The predicted octanol–water partition coefficient (Wildman–Crippen LogP) is 4.06. The summed E-state index contributed by atoms with van der Waals surface area (Å²) in [5.41, 5.74) is 4.16. The average Bonchev–Trinajstić information content (AvgIpc) is 3.35. The van der Waals surface area contributed by atoms with E-state index >= 15 is 0 Å². The van der Waals surface area contributed by atoms with Crippen LogP contribution in [0.2, 0.25) is 0 Å². The molecule has 0 spiro atoms. The molecule has 3 aromatic heterocycles. The summed E-state index contributed by atoms with van der Waals surface area (Å²) in [6.07, 6.45) is 4.07. The van der Waals surface area contributed by atoms with Crippen LogP contribution in [-0.2, 0) is 6.54 Å². The molecule has 0 aliphatic carbocycles. The largest absolute Gasteiger partial charge is 0.308 e. The van der Waals surface area contributed by atoms with Crippen LogP contribution in [0.5, 0.6) is 0 Å². The Bertz CT molecular complexity index is 1180. The standard InChI is InChI=1S/C22H23N5OS/c1-14-17(12-23-26-14)19-11-18-21(29-19)22(28)25-20(24-18)13-27-9-7-16(8-10-27)15-5-3-2-4-6-15/h2-6,11-12,16H,7-10,13H2,1H3,(H,23,26)(H,24,25,28). The molecule has 0 bridgehead atoms. The van der Waals surface area contributed by atoms with Crippen molar-refractivity contribution in [2.75, 3.05) is 13.1 Å². The number of aromatic amines is 2. The summed E-state index contributed by atoms with van der Waals surface area (Å²) >= 11 is 1.47. The van der Waals surface area contributed by atoms with Crippen molar-refractivity contribution in [2.45, 2.75) is 32.2 Å². The van der Waals surface area contributed by atoms with Gasteiger partial charge < -0.3 is 4.98 Å². The fraction of sp³-hybridized carbons (Fsp3) is 0.318. The summed E-state index contributed by atoms with van der Waals surface area (Å²) in [4.78, 5) is 23.8. The van der Waals surface area contributed by atoms with Gasteiger partial charge in [0.2, 0.25) is 0 Å². The molecule has 5 rings (SSSR count). The molecule has 1 aromatic carbocycles. The highest BCUT2D eigenvalue weighted by molar-refractivity contribution is 7.22. The Morgan fingerprint density at radius 3 is 2.72 bits per heavy atom. The number of H-pyrrole nitrogens is 2. The van der Waals surface area contributed by atoms with Gasteiger partial charge >= 0.3 is 0 Å². The van der Waals surface area contributed by atoms with Gasteiger partial charge in [-0.1, -0.05) is 30.3 Å². The Morgan fingerprint density at radius 1 is 1.21 bits per heavy atom. The maximum Gasteiger partial charge on any atom is 0.268 e. The second-order valence-electron chi connectivity index (χ2n) is 7.71. The average molecular weight is 406 g/mol. The number of aryl methyl sites for hydroxylation is 1. The van der Waals surface area contributed by atoms with Gasteiger partial charge in [-0.3, -0.25) is 14.8 Å². The fourth-order valence-corrected chi connectivity index (χ4v) is 5.22. The Hall–Kier alpha value is -2.77. The van der Waals surface area contributed by atoms with Gasteiger partial charge in [0, 0.05) is 16.1 Å². The molecule has 0 atom stereocenters. The molecule has 2 N–H and O–H groups in total. The van der Waals surface area contributed by atoms with Crippen molar-refractivity contribution in [3.05, 3.63) is 70.0 Å². The molecule has 4 heterocycles. The minimum Gasteiger partial charge on any atom is -0.308 e. The van der Waals surface area contributed by atoms with E-state index in [1.54, 1.807) is 6.20 Å². The molecule has 1 fully saturated rings. The van der Waals surface area contributed by atoms with Crippen LogP contribution >= 0.6 is 11.3 Å². The lowest BCUT2D eigenvalue weighted by atomic mass is 9.89. The number of benzene rings is 1. The number of nitrogens with zero attached hydrogens (tertiary/aromatic N) is 3. The zero-order chi connectivity index (χ0) is 19.8. The number of hydrogen-bond donors (Lipinski definition) is 2. The minimum absolute atomic E-state index is 0.0541. The lowest BCUT2D eigenvalue weighted by Crippen LogP contribution is -2.33. The first kappa shape index (κ1) is 18.3. The van der Waals surface area contributed by atoms with E-state index in [1.165, 1.54) is 16.9 Å². The van der Waals surface area contributed by atoms with E-state index in [0.29, 0.717) is 17.2 Å². The number of nitrogens with one attached hydrogen (secondary N) is 2. The third-order valence-electron chi connectivity index (χ3n) is 5.76. The number of likely N-dealkylation sites (tertiary alicyclic amines) is 1. The van der Waals surface area contributed by atoms with E-state index in [1.807, 2.05) is 13.0 Å². The molecule has 0 radical (unpaired) electrons. The van der Waals surface area contributed by atoms with Gasteiger partial charge in [-0.15, -0.1) is 11.3 Å². The minimum atomic E-state index is -0.0541. The van der Waals surface area contributed by atoms with Gasteiger partial charge in [0.25, 0.3) is 5.56 Å². The molecule has 7 heteroatoms. The number of hydrogen-bond acceptors (Lipinski definition) is 5. The Kier molecular flexibility index (Phi) is 4.77. The summed E-state index contributed by atoms with van der Waals surface area (Å²) in [5, 5.41) is 7.03. The molecule has 4 aromatic rings. The van der Waals surface area contributed by atoms with Crippen LogP contribution in [0.4, 0.5) is 0 Å². The Balaban J connectivity index is 1.32. The first-order valence-electron chi connectivity index (χ1n) is 9.98. The normalized spacial score (nSPS) is 15.9. The molecule has 29 heavy (non-hydrogen) atoms. The molecule has 1 saturated heterocycles. The third-order valence-corrected chi connectivity index (χ3v) is 6.92. The van der Waals surface area contributed by atoms with Crippen molar-refractivity contribution in [3.63, 3.8) is 0 Å². The van der Waals surface area contributed by atoms with Crippen molar-refractivity contribution in [1.82, 2.24) is 25.1 Å². The summed E-state index contributed by atoms with van der Waals surface area (Å²) in [6.45, 7) is 4.70. The van der Waals surface area contributed by atoms with Crippen molar-refractivity contribution >= 4 is 21.6 Å². The summed E-state index contributed by atoms with van der Waals surface area (Å²) in [5.74, 6) is 1.37. The Morgan fingerprint density at radius 2 is 2.00 bits per heavy atom. The topological polar surface area (TPSA) is 77.7 Å². The van der Waals surface area contributed by atoms with Gasteiger partial charge in [0.1, 0.15) is 10.5 Å². The van der Waals surface area contributed by atoms with E-state index in [9.17, 15) is 4.79 Å². The van der Waals surface area contributed by atoms with E-state index < -0.39 is 0 Å². The van der Waals surface area contributed by atoms with Gasteiger partial charge in [-0.25, -0.2) is 4.98 Å². The van der Waals surface area contributed by atoms with Gasteiger partial charge in [-0.05, 0) is 50.4 Å². The molecule has 6 nitrogen and oxygen atoms in total. The number of rotatable bonds is 4. The molecule has 148 valence electrons. The molecule has 1 aliphatic heterocycles. The highest BCUT2D eigenvalue weighted by Gasteiger charge is 2.21. The third kappa shape index (κ3) is 3.63. The molecule has 0 saturated carbocycles. The number of thiophene rings is 1. The highest BCUT2D eigenvalue weighted by Crippen LogP contribution is 2.32. The zero-order valence-electron chi connectivity index (χ0n) is 16.3. The monoisotopic (exact) mass is 405 g/mol. The van der Waals surface area contributed by atoms with Crippen LogP contribution in [0.15, 0.2) is 47.4 Å². The number of piperidine rings is 1. The van der Waals surface area contributed by atoms with Crippen molar-refractivity contribution in [2.24, 2.45) is 0 Å². The molecular weight excluding hydrogens is 382 g/mol. The van der Waals surface area contributed by atoms with Gasteiger partial charge in [-0.2, -0.15) is 5.10 Å². The fourth-order valence-electron chi connectivity index (χ4n) is 4.16. The van der Waals surface area contributed by atoms with E-state index in [4.69, 9.17) is 4.98 Å². The van der Waals surface area contributed by atoms with Crippen LogP contribution in [0.3, 0.4) is 0 Å². The highest BCUT2D eigenvalue weighted by atomic mass is 32.1. The van der Waals surface area contributed by atoms with Crippen molar-refractivity contribution in [1.29, 1.82) is 0 Å². The maximum atomic E-state index is 12.6. The summed E-state index contributed by atoms with van der Waals surface area (Å²) in [7, 11) is 0. The van der Waals surface area contributed by atoms with Gasteiger partial charge in [0.15, 0.2) is 0 Å². The smallest absolute Gasteiger partial charge is 0.268 e. The van der Waals surface area contributed by atoms with Crippen LogP contribution in [0.1, 0.15) is 35.8 Å². The number of fused-ring (bicyclic) bond motifs is 1. The quantitative estimate of drug-likeness (QED) is 0.537. The number of aromatic nitrogens is 4. The second-order valence-corrected chi connectivity index (χ2v) is 8.76. The van der Waals surface area contributed by atoms with E-state index in [-0.39, 0.29) is 5.56 Å². The molecular formula is C22H23N5OS. The first-order valence-corrected chi connectivity index (χ1v) is 10.8. The van der Waals surface area contributed by atoms with Crippen LogP contribution in [0, 0.1) is 6.92 Å². The summed E-state index contributed by atoms with van der Waals surface area (Å²) in [6, 6.07) is 12.8. The SMILES string of the molecule is Cc1[nH]ncc1-c1cc2nc(CN3CCC(c4ccccc4)CC3)[nH]c(=O)c2s1. The van der Waals surface area contributed by atoms with Crippen molar-refractivity contribution in [3.8, 4) is 10.4 Å². The van der Waals surface area contributed by atoms with Gasteiger partial charge in [0.05, 0.1) is 18.3 Å². The maximum absolute atomic E-state index is 12.6. The lowest BCUT2D eigenvalue weighted by Gasteiger charge is -2.31. The van der Waals surface area contributed by atoms with Crippen LogP contribution < -0.4 is 5.56 Å². The summed E-state index contributed by atoms with van der Waals surface area (Å²) < 4.78 is 0.673.